The Kier molecular flexibility index (Phi) is 10.8. The van der Waals surface area contributed by atoms with Gasteiger partial charge >= 0.3 is 0 Å². The summed E-state index contributed by atoms with van der Waals surface area (Å²) in [6, 6.07) is 19.7. The van der Waals surface area contributed by atoms with E-state index in [0.29, 0.717) is 35.6 Å². The Hall–Kier alpha value is -3.01. The van der Waals surface area contributed by atoms with E-state index in [4.69, 9.17) is 14.2 Å². The van der Waals surface area contributed by atoms with Gasteiger partial charge in [0.2, 0.25) is 11.6 Å². The lowest BCUT2D eigenvalue weighted by Gasteiger charge is -2.16. The number of aromatic nitrogens is 1. The second kappa shape index (κ2) is 13.5. The number of guanidine groups is 1. The number of nitrogens with zero attached hydrogens (tertiary/aromatic N) is 2. The number of benzene rings is 2. The van der Waals surface area contributed by atoms with Gasteiger partial charge in [0.05, 0.1) is 14.2 Å². The summed E-state index contributed by atoms with van der Waals surface area (Å²) in [5, 5.41) is 6.69. The fraction of sp³-hybridized carbons (Fsp3) is 0.280. The van der Waals surface area contributed by atoms with Crippen molar-refractivity contribution in [2.24, 2.45) is 4.99 Å². The maximum Gasteiger partial charge on any atom is 0.219 e. The monoisotopic (exact) mass is 562 g/mol. The van der Waals surface area contributed by atoms with Crippen LogP contribution in [0.1, 0.15) is 24.0 Å². The first-order chi connectivity index (χ1) is 15.6. The van der Waals surface area contributed by atoms with Crippen molar-refractivity contribution in [2.75, 3.05) is 27.8 Å². The Morgan fingerprint density at radius 2 is 1.64 bits per heavy atom. The minimum absolute atomic E-state index is 0. The number of nitrogens with one attached hydrogen (secondary N) is 2. The molecule has 33 heavy (non-hydrogen) atoms. The molecule has 0 aliphatic carbocycles. The summed E-state index contributed by atoms with van der Waals surface area (Å²) in [5.74, 6) is 3.23. The fourth-order valence-electron chi connectivity index (χ4n) is 3.15. The summed E-state index contributed by atoms with van der Waals surface area (Å²) >= 11 is 0. The van der Waals surface area contributed by atoms with Crippen molar-refractivity contribution in [3.05, 3.63) is 78.0 Å². The lowest BCUT2D eigenvalue weighted by molar-refractivity contribution is 0.342. The van der Waals surface area contributed by atoms with Crippen LogP contribution in [0.25, 0.3) is 0 Å². The first kappa shape index (κ1) is 26.2. The predicted octanol–water partition coefficient (Wildman–Crippen LogP) is 4.98. The molecule has 0 fully saturated rings. The Labute approximate surface area is 212 Å². The van der Waals surface area contributed by atoms with E-state index in [1.807, 2.05) is 36.4 Å². The van der Waals surface area contributed by atoms with E-state index in [0.717, 1.165) is 18.1 Å². The third kappa shape index (κ3) is 7.52. The molecule has 0 saturated heterocycles. The molecule has 7 nitrogen and oxygen atoms in total. The van der Waals surface area contributed by atoms with Crippen molar-refractivity contribution in [3.8, 4) is 23.1 Å². The van der Waals surface area contributed by atoms with Gasteiger partial charge in [-0.15, -0.1) is 24.0 Å². The van der Waals surface area contributed by atoms with Gasteiger partial charge in [-0.1, -0.05) is 49.4 Å². The second-order valence-electron chi connectivity index (χ2n) is 7.22. The molecular weight excluding hydrogens is 531 g/mol. The number of rotatable bonds is 9. The highest BCUT2D eigenvalue weighted by molar-refractivity contribution is 14.0. The van der Waals surface area contributed by atoms with E-state index in [1.165, 1.54) is 5.56 Å². The zero-order chi connectivity index (χ0) is 22.8. The first-order valence-corrected chi connectivity index (χ1v) is 10.5. The Morgan fingerprint density at radius 1 is 0.939 bits per heavy atom. The van der Waals surface area contributed by atoms with Crippen LogP contribution in [0.4, 0.5) is 0 Å². The number of methoxy groups -OCH3 is 2. The summed E-state index contributed by atoms with van der Waals surface area (Å²) in [5.41, 5.74) is 2.30. The molecule has 2 aromatic carbocycles. The minimum atomic E-state index is 0. The summed E-state index contributed by atoms with van der Waals surface area (Å²) in [6.45, 7) is 3.56. The first-order valence-electron chi connectivity index (χ1n) is 10.5. The lowest BCUT2D eigenvalue weighted by atomic mass is 10.0. The minimum Gasteiger partial charge on any atom is -0.493 e. The molecule has 1 unspecified atom stereocenters. The van der Waals surface area contributed by atoms with Crippen LogP contribution in [0, 0.1) is 0 Å². The van der Waals surface area contributed by atoms with Crippen molar-refractivity contribution in [1.82, 2.24) is 15.6 Å². The quantitative estimate of drug-likeness (QED) is 0.218. The van der Waals surface area contributed by atoms with Gasteiger partial charge < -0.3 is 24.8 Å². The topological polar surface area (TPSA) is 77.0 Å². The predicted molar refractivity (Wildman–Crippen MR) is 142 cm³/mol. The summed E-state index contributed by atoms with van der Waals surface area (Å²) in [4.78, 5) is 8.71. The van der Waals surface area contributed by atoms with E-state index < -0.39 is 0 Å². The SMILES string of the molecule is CN=C(NCc1ccc(Oc2c(OC)cccc2OC)nc1)NCC(C)c1ccccc1.I. The van der Waals surface area contributed by atoms with Gasteiger partial charge in [-0.05, 0) is 29.2 Å². The van der Waals surface area contributed by atoms with Crippen molar-refractivity contribution < 1.29 is 14.2 Å². The van der Waals surface area contributed by atoms with Crippen LogP contribution >= 0.6 is 24.0 Å². The van der Waals surface area contributed by atoms with Gasteiger partial charge in [0.1, 0.15) is 0 Å². The number of pyridine rings is 1. The van der Waals surface area contributed by atoms with E-state index in [9.17, 15) is 0 Å². The fourth-order valence-corrected chi connectivity index (χ4v) is 3.15. The normalized spacial score (nSPS) is 11.7. The van der Waals surface area contributed by atoms with Crippen molar-refractivity contribution in [2.45, 2.75) is 19.4 Å². The average molecular weight is 562 g/mol. The summed E-state index contributed by atoms with van der Waals surface area (Å²) in [7, 11) is 4.94. The highest BCUT2D eigenvalue weighted by atomic mass is 127. The summed E-state index contributed by atoms with van der Waals surface area (Å²) < 4.78 is 16.6. The maximum atomic E-state index is 5.91. The van der Waals surface area contributed by atoms with Crippen LogP contribution in [0.2, 0.25) is 0 Å². The molecule has 3 aromatic rings. The van der Waals surface area contributed by atoms with E-state index in [-0.39, 0.29) is 24.0 Å². The van der Waals surface area contributed by atoms with Crippen LogP contribution in [0.15, 0.2) is 71.9 Å². The smallest absolute Gasteiger partial charge is 0.219 e. The molecule has 1 atom stereocenters. The second-order valence-corrected chi connectivity index (χ2v) is 7.22. The van der Waals surface area contributed by atoms with Crippen LogP contribution in [0.3, 0.4) is 0 Å². The molecule has 0 aliphatic rings. The van der Waals surface area contributed by atoms with Crippen LogP contribution < -0.4 is 24.8 Å². The highest BCUT2D eigenvalue weighted by Crippen LogP contribution is 2.39. The van der Waals surface area contributed by atoms with Gasteiger partial charge in [-0.25, -0.2) is 4.98 Å². The third-order valence-electron chi connectivity index (χ3n) is 5.01. The average Bonchev–Trinajstić information content (AvgIpc) is 2.85. The third-order valence-corrected chi connectivity index (χ3v) is 5.01. The van der Waals surface area contributed by atoms with Crippen LogP contribution in [-0.4, -0.2) is 38.8 Å². The van der Waals surface area contributed by atoms with Crippen molar-refractivity contribution in [3.63, 3.8) is 0 Å². The standard InChI is InChI=1S/C25H30N4O3.HI/c1-18(20-9-6-5-7-10-20)15-28-25(26-2)29-17-19-13-14-23(27-16-19)32-24-21(30-3)11-8-12-22(24)31-4;/h5-14,16,18H,15,17H2,1-4H3,(H2,26,28,29);1H. The maximum absolute atomic E-state index is 5.91. The number of hydrogen-bond donors (Lipinski definition) is 2. The lowest BCUT2D eigenvalue weighted by Crippen LogP contribution is -2.38. The van der Waals surface area contributed by atoms with Crippen LogP contribution in [-0.2, 0) is 6.54 Å². The molecule has 0 saturated carbocycles. The number of halogens is 1. The zero-order valence-electron chi connectivity index (χ0n) is 19.4. The molecule has 0 amide bonds. The molecule has 0 spiro atoms. The molecule has 3 rings (SSSR count). The molecule has 8 heteroatoms. The van der Waals surface area contributed by atoms with Crippen molar-refractivity contribution in [1.29, 1.82) is 0 Å². The van der Waals surface area contributed by atoms with Crippen molar-refractivity contribution >= 4 is 29.9 Å². The molecule has 2 N–H and O–H groups in total. The molecule has 176 valence electrons. The van der Waals surface area contributed by atoms with E-state index in [2.05, 4.69) is 51.8 Å². The Balaban J connectivity index is 0.00000385. The van der Waals surface area contributed by atoms with Gasteiger partial charge in [-0.2, -0.15) is 0 Å². The van der Waals surface area contributed by atoms with Gasteiger partial charge in [0, 0.05) is 32.4 Å². The largest absolute Gasteiger partial charge is 0.493 e. The van der Waals surface area contributed by atoms with Crippen LogP contribution in [0.5, 0.6) is 23.1 Å². The van der Waals surface area contributed by atoms with Gasteiger partial charge in [0.15, 0.2) is 17.5 Å². The Morgan fingerprint density at radius 3 is 2.21 bits per heavy atom. The highest BCUT2D eigenvalue weighted by Gasteiger charge is 2.13. The van der Waals surface area contributed by atoms with E-state index >= 15 is 0 Å². The summed E-state index contributed by atoms with van der Waals surface area (Å²) in [6.07, 6.45) is 1.77. The Bertz CT molecular complexity index is 992. The molecule has 1 aromatic heterocycles. The molecule has 0 bridgehead atoms. The van der Waals surface area contributed by atoms with E-state index in [1.54, 1.807) is 27.5 Å². The number of aliphatic imine (C=N–C) groups is 1. The molecular formula is C25H31IN4O3. The molecule has 0 aliphatic heterocycles. The van der Waals surface area contributed by atoms with Gasteiger partial charge in [-0.3, -0.25) is 4.99 Å². The molecule has 0 radical (unpaired) electrons. The molecule has 1 heterocycles. The number of para-hydroxylation sites is 1. The number of ether oxygens (including phenoxy) is 3. The number of hydrogen-bond acceptors (Lipinski definition) is 5. The van der Waals surface area contributed by atoms with Gasteiger partial charge in [0.25, 0.3) is 0 Å². The zero-order valence-corrected chi connectivity index (χ0v) is 21.7.